The molecule has 0 amide bonds. The summed E-state index contributed by atoms with van der Waals surface area (Å²) >= 11 is 14.1. The summed E-state index contributed by atoms with van der Waals surface area (Å²) in [5.74, 6) is 0. The molecule has 0 aliphatic rings. The van der Waals surface area contributed by atoms with Crippen LogP contribution in [-0.4, -0.2) is 4.98 Å². The average Bonchev–Trinajstić information content (AvgIpc) is 2.22. The summed E-state index contributed by atoms with van der Waals surface area (Å²) in [5, 5.41) is 0.115. The number of pyridine rings is 1. The lowest BCUT2D eigenvalue weighted by Gasteiger charge is -2.11. The Hall–Kier alpha value is -0.720. The SMILES string of the molecule is O=c1c(Br)c(C(F)(F)F)[nH]c2c(Cl)cc(Cl)cc12. The third-order valence-corrected chi connectivity index (χ3v) is 3.52. The van der Waals surface area contributed by atoms with Gasteiger partial charge < -0.3 is 4.98 Å². The van der Waals surface area contributed by atoms with E-state index in [1.54, 1.807) is 0 Å². The first-order valence-electron chi connectivity index (χ1n) is 4.49. The first-order chi connectivity index (χ1) is 8.21. The van der Waals surface area contributed by atoms with Crippen molar-refractivity contribution in [3.05, 3.63) is 42.6 Å². The molecule has 0 radical (unpaired) electrons. The molecule has 0 atom stereocenters. The Morgan fingerprint density at radius 1 is 1.22 bits per heavy atom. The predicted molar refractivity (Wildman–Crippen MR) is 67.3 cm³/mol. The van der Waals surface area contributed by atoms with Gasteiger partial charge in [-0.25, -0.2) is 0 Å². The highest BCUT2D eigenvalue weighted by Gasteiger charge is 2.36. The van der Waals surface area contributed by atoms with Crippen molar-refractivity contribution < 1.29 is 13.2 Å². The van der Waals surface area contributed by atoms with E-state index < -0.39 is 21.8 Å². The van der Waals surface area contributed by atoms with Crippen LogP contribution in [0.15, 0.2) is 21.4 Å². The lowest BCUT2D eigenvalue weighted by molar-refractivity contribution is -0.141. The number of rotatable bonds is 0. The number of benzene rings is 1. The molecule has 2 aromatic rings. The zero-order chi connectivity index (χ0) is 13.7. The fraction of sp³-hybridized carbons (Fsp3) is 0.100. The van der Waals surface area contributed by atoms with Crippen molar-refractivity contribution in [2.45, 2.75) is 6.18 Å². The van der Waals surface area contributed by atoms with Gasteiger partial charge in [-0.2, -0.15) is 13.2 Å². The second-order valence-corrected chi connectivity index (χ2v) is 5.09. The van der Waals surface area contributed by atoms with Crippen molar-refractivity contribution in [3.8, 4) is 0 Å². The Bertz CT molecular complexity index is 696. The molecule has 2 rings (SSSR count). The molecule has 0 saturated heterocycles. The molecule has 0 spiro atoms. The van der Waals surface area contributed by atoms with Crippen molar-refractivity contribution in [3.63, 3.8) is 0 Å². The number of nitrogens with one attached hydrogen (secondary N) is 1. The van der Waals surface area contributed by atoms with Gasteiger partial charge in [0, 0.05) is 10.4 Å². The molecule has 0 aliphatic carbocycles. The molecule has 0 saturated carbocycles. The van der Waals surface area contributed by atoms with Gasteiger partial charge >= 0.3 is 6.18 Å². The Labute approximate surface area is 117 Å². The molecular formula is C10H3BrCl2F3NO. The van der Waals surface area contributed by atoms with Gasteiger partial charge in [-0.1, -0.05) is 23.2 Å². The van der Waals surface area contributed by atoms with Crippen molar-refractivity contribution in [1.29, 1.82) is 0 Å². The maximum absolute atomic E-state index is 12.7. The quantitative estimate of drug-likeness (QED) is 0.730. The molecule has 0 fully saturated rings. The molecule has 8 heteroatoms. The van der Waals surface area contributed by atoms with E-state index in [1.165, 1.54) is 12.1 Å². The number of H-pyrrole nitrogens is 1. The largest absolute Gasteiger partial charge is 0.432 e. The summed E-state index contributed by atoms with van der Waals surface area (Å²) < 4.78 is 37.5. The first-order valence-corrected chi connectivity index (χ1v) is 6.04. The minimum absolute atomic E-state index is 0.00706. The van der Waals surface area contributed by atoms with Gasteiger partial charge in [-0.15, -0.1) is 0 Å². The van der Waals surface area contributed by atoms with Crippen LogP contribution in [0, 0.1) is 0 Å². The normalized spacial score (nSPS) is 12.1. The van der Waals surface area contributed by atoms with Crippen molar-refractivity contribution in [1.82, 2.24) is 4.98 Å². The van der Waals surface area contributed by atoms with Crippen molar-refractivity contribution >= 4 is 50.0 Å². The maximum Gasteiger partial charge on any atom is 0.432 e. The summed E-state index contributed by atoms with van der Waals surface area (Å²) in [6, 6.07) is 2.52. The monoisotopic (exact) mass is 359 g/mol. The zero-order valence-electron chi connectivity index (χ0n) is 8.33. The molecular weight excluding hydrogens is 358 g/mol. The van der Waals surface area contributed by atoms with E-state index in [0.29, 0.717) is 0 Å². The second kappa shape index (κ2) is 4.43. The van der Waals surface area contributed by atoms with Crippen LogP contribution in [0.2, 0.25) is 10.0 Å². The Morgan fingerprint density at radius 3 is 2.39 bits per heavy atom. The highest BCUT2D eigenvalue weighted by molar-refractivity contribution is 9.10. The van der Waals surface area contributed by atoms with Gasteiger partial charge in [0.2, 0.25) is 5.43 Å². The van der Waals surface area contributed by atoms with Gasteiger partial charge in [0.15, 0.2) is 0 Å². The topological polar surface area (TPSA) is 32.9 Å². The fourth-order valence-electron chi connectivity index (χ4n) is 1.49. The Morgan fingerprint density at radius 2 is 1.83 bits per heavy atom. The molecule has 1 aromatic carbocycles. The lowest BCUT2D eigenvalue weighted by Crippen LogP contribution is -2.16. The lowest BCUT2D eigenvalue weighted by atomic mass is 10.2. The van der Waals surface area contributed by atoms with Crippen LogP contribution in [0.5, 0.6) is 0 Å². The molecule has 18 heavy (non-hydrogen) atoms. The molecule has 0 aliphatic heterocycles. The standard InChI is InChI=1S/C10H3BrCl2F3NO/c11-6-8(18)4-1-3(12)2-5(13)7(4)17-9(6)10(14,15)16/h1-2H,(H,17,18). The highest BCUT2D eigenvalue weighted by atomic mass is 79.9. The Kier molecular flexibility index (Phi) is 3.38. The van der Waals surface area contributed by atoms with Gasteiger partial charge in [0.05, 0.1) is 15.0 Å². The number of aromatic amines is 1. The number of fused-ring (bicyclic) bond motifs is 1. The third kappa shape index (κ3) is 2.24. The second-order valence-electron chi connectivity index (χ2n) is 3.45. The summed E-state index contributed by atoms with van der Waals surface area (Å²) in [6.07, 6.45) is -4.69. The maximum atomic E-state index is 12.7. The summed E-state index contributed by atoms with van der Waals surface area (Å²) in [6.45, 7) is 0. The molecule has 2 nitrogen and oxygen atoms in total. The van der Waals surface area contributed by atoms with Crippen molar-refractivity contribution in [2.75, 3.05) is 0 Å². The number of aromatic nitrogens is 1. The van der Waals surface area contributed by atoms with Gasteiger partial charge in [0.25, 0.3) is 0 Å². The molecule has 1 aromatic heterocycles. The predicted octanol–water partition coefficient (Wildman–Crippen LogP) is 4.62. The van der Waals surface area contributed by atoms with Crippen LogP contribution in [0.25, 0.3) is 10.9 Å². The van der Waals surface area contributed by atoms with E-state index in [-0.39, 0.29) is 20.9 Å². The van der Waals surface area contributed by atoms with Crippen LogP contribution in [-0.2, 0) is 6.18 Å². The van der Waals surface area contributed by atoms with Crippen molar-refractivity contribution in [2.24, 2.45) is 0 Å². The van der Waals surface area contributed by atoms with E-state index >= 15 is 0 Å². The van der Waals surface area contributed by atoms with Crippen LogP contribution in [0.1, 0.15) is 5.69 Å². The van der Waals surface area contributed by atoms with Crippen LogP contribution in [0.3, 0.4) is 0 Å². The summed E-state index contributed by atoms with van der Waals surface area (Å²) in [4.78, 5) is 13.9. The number of halogens is 6. The number of alkyl halides is 3. The average molecular weight is 361 g/mol. The first kappa shape index (κ1) is 13.7. The molecule has 1 heterocycles. The zero-order valence-corrected chi connectivity index (χ0v) is 11.4. The Balaban J connectivity index is 2.98. The smallest absolute Gasteiger partial charge is 0.349 e. The van der Waals surface area contributed by atoms with Gasteiger partial charge in [-0.3, -0.25) is 4.79 Å². The number of hydrogen-bond acceptors (Lipinski definition) is 1. The third-order valence-electron chi connectivity index (χ3n) is 2.25. The minimum atomic E-state index is -4.69. The van der Waals surface area contributed by atoms with E-state index in [1.807, 2.05) is 0 Å². The van der Waals surface area contributed by atoms with E-state index in [2.05, 4.69) is 20.9 Å². The fourth-order valence-corrected chi connectivity index (χ4v) is 2.56. The van der Waals surface area contributed by atoms with E-state index in [0.717, 1.165) is 0 Å². The molecule has 96 valence electrons. The van der Waals surface area contributed by atoms with Gasteiger partial charge in [0.1, 0.15) is 5.69 Å². The van der Waals surface area contributed by atoms with Crippen LogP contribution in [0.4, 0.5) is 13.2 Å². The van der Waals surface area contributed by atoms with E-state index in [4.69, 9.17) is 23.2 Å². The minimum Gasteiger partial charge on any atom is -0.349 e. The molecule has 0 bridgehead atoms. The van der Waals surface area contributed by atoms with Crippen LogP contribution >= 0.6 is 39.1 Å². The van der Waals surface area contributed by atoms with Gasteiger partial charge in [-0.05, 0) is 28.1 Å². The summed E-state index contributed by atoms with van der Waals surface area (Å²) in [7, 11) is 0. The van der Waals surface area contributed by atoms with Crippen LogP contribution < -0.4 is 5.43 Å². The number of hydrogen-bond donors (Lipinski definition) is 1. The highest BCUT2D eigenvalue weighted by Crippen LogP contribution is 2.34. The molecule has 0 unspecified atom stereocenters. The molecule has 1 N–H and O–H groups in total. The summed E-state index contributed by atoms with van der Waals surface area (Å²) in [5.41, 5.74) is -2.09. The van der Waals surface area contributed by atoms with E-state index in [9.17, 15) is 18.0 Å².